The Balaban J connectivity index is 2.23. The first-order chi connectivity index (χ1) is 7.70. The predicted octanol–water partition coefficient (Wildman–Crippen LogP) is 0.342. The summed E-state index contributed by atoms with van der Waals surface area (Å²) in [6.07, 6.45) is 2.88. The van der Waals surface area contributed by atoms with Gasteiger partial charge in [-0.25, -0.2) is 0 Å². The molecule has 0 amide bonds. The van der Waals surface area contributed by atoms with Gasteiger partial charge in [0.05, 0.1) is 0 Å². The van der Waals surface area contributed by atoms with E-state index in [0.717, 1.165) is 0 Å². The summed E-state index contributed by atoms with van der Waals surface area (Å²) in [6.45, 7) is 0. The molecule has 0 aromatic carbocycles. The lowest BCUT2D eigenvalue weighted by Gasteiger charge is -2.25. The molecule has 0 spiro atoms. The summed E-state index contributed by atoms with van der Waals surface area (Å²) in [4.78, 5) is 3.89. The van der Waals surface area contributed by atoms with Crippen molar-refractivity contribution in [2.24, 2.45) is 0 Å². The first kappa shape index (κ1) is 11.9. The van der Waals surface area contributed by atoms with E-state index in [1.54, 1.807) is 18.3 Å². The van der Waals surface area contributed by atoms with Gasteiger partial charge in [0.2, 0.25) is 0 Å². The fourth-order valence-electron chi connectivity index (χ4n) is 1.69. The number of rotatable bonds is 2. The molecule has 0 bridgehead atoms. The molecule has 16 heavy (non-hydrogen) atoms. The molecule has 1 N–H and O–H groups in total. The number of hydrogen-bond acceptors (Lipinski definition) is 4. The molecular formula is C10H13NO3S2. The topological polar surface area (TPSA) is 67.3 Å². The van der Waals surface area contributed by atoms with Crippen molar-refractivity contribution < 1.29 is 13.5 Å². The van der Waals surface area contributed by atoms with Crippen molar-refractivity contribution in [3.05, 3.63) is 30.1 Å². The van der Waals surface area contributed by atoms with Gasteiger partial charge in [0, 0.05) is 51.1 Å². The van der Waals surface area contributed by atoms with Gasteiger partial charge in [-0.05, 0) is 12.5 Å². The van der Waals surface area contributed by atoms with Crippen LogP contribution in [-0.2, 0) is 21.6 Å². The molecule has 1 fully saturated rings. The van der Waals surface area contributed by atoms with Gasteiger partial charge < -0.3 is 5.11 Å². The zero-order valence-corrected chi connectivity index (χ0v) is 10.2. The molecule has 0 radical (unpaired) electrons. The molecule has 0 saturated carbocycles. The monoisotopic (exact) mass is 259 g/mol. The number of aliphatic hydroxyl groups excluding tert-OH is 1. The zero-order chi connectivity index (χ0) is 11.5. The first-order valence-corrected chi connectivity index (χ1v) is 7.79. The molecule has 0 aliphatic carbocycles. The van der Waals surface area contributed by atoms with Crippen molar-refractivity contribution in [1.82, 2.24) is 4.98 Å². The predicted molar refractivity (Wildman–Crippen MR) is 63.6 cm³/mol. The van der Waals surface area contributed by atoms with E-state index in [-0.39, 0.29) is 0 Å². The highest BCUT2D eigenvalue weighted by atomic mass is 32.2. The molecule has 1 aliphatic heterocycles. The molecule has 3 atom stereocenters. The van der Waals surface area contributed by atoms with Gasteiger partial charge in [0.1, 0.15) is 10.7 Å². The van der Waals surface area contributed by atoms with Crippen LogP contribution in [0.2, 0.25) is 0 Å². The number of hydrogen-bond donors (Lipinski definition) is 1. The van der Waals surface area contributed by atoms with Crippen LogP contribution in [0.1, 0.15) is 18.1 Å². The quantitative estimate of drug-likeness (QED) is 0.832. The zero-order valence-electron chi connectivity index (χ0n) is 8.61. The summed E-state index contributed by atoms with van der Waals surface area (Å²) in [5.74, 6) is 1.04. The summed E-state index contributed by atoms with van der Waals surface area (Å²) in [7, 11) is -2.43. The number of aromatic nitrogens is 1. The Kier molecular flexibility index (Phi) is 3.83. The highest BCUT2D eigenvalue weighted by molar-refractivity contribution is 8.03. The van der Waals surface area contributed by atoms with Gasteiger partial charge in [-0.2, -0.15) is 0 Å². The first-order valence-electron chi connectivity index (χ1n) is 5.02. The van der Waals surface area contributed by atoms with E-state index in [2.05, 4.69) is 4.98 Å². The molecule has 1 aromatic heterocycles. The molecule has 1 aromatic rings. The van der Waals surface area contributed by atoms with E-state index in [9.17, 15) is 13.5 Å². The average Bonchev–Trinajstić information content (AvgIpc) is 2.30. The molecule has 2 heterocycles. The maximum absolute atomic E-state index is 11.8. The van der Waals surface area contributed by atoms with Crippen LogP contribution in [-0.4, -0.2) is 34.6 Å². The van der Waals surface area contributed by atoms with E-state index in [1.165, 1.54) is 6.20 Å². The van der Waals surface area contributed by atoms with E-state index in [1.807, 2.05) is 0 Å². The van der Waals surface area contributed by atoms with Crippen LogP contribution in [0.4, 0.5) is 0 Å². The maximum atomic E-state index is 11.8. The second-order valence-electron chi connectivity index (χ2n) is 3.62. The molecule has 2 rings (SSSR count). The van der Waals surface area contributed by atoms with Gasteiger partial charge >= 0.3 is 0 Å². The highest BCUT2D eigenvalue weighted by Gasteiger charge is 2.34. The minimum Gasteiger partial charge on any atom is -0.386 e. The highest BCUT2D eigenvalue weighted by Crippen LogP contribution is 2.26. The minimum atomic E-state index is -1.22. The second kappa shape index (κ2) is 5.16. The third-order valence-corrected chi connectivity index (χ3v) is 6.71. The van der Waals surface area contributed by atoms with Crippen LogP contribution in [0.15, 0.2) is 24.5 Å². The van der Waals surface area contributed by atoms with Crippen molar-refractivity contribution in [3.63, 3.8) is 0 Å². The van der Waals surface area contributed by atoms with Crippen LogP contribution in [0.3, 0.4) is 0 Å². The SMILES string of the molecule is O=S1CCCS(=O)C1[C@H](O)c1cccnc1. The lowest BCUT2D eigenvalue weighted by atomic mass is 10.2. The van der Waals surface area contributed by atoms with Crippen LogP contribution in [0.5, 0.6) is 0 Å². The molecule has 6 heteroatoms. The summed E-state index contributed by atoms with van der Waals surface area (Å²) in [5.41, 5.74) is 0.580. The summed E-state index contributed by atoms with van der Waals surface area (Å²) in [5, 5.41) is 10.1. The van der Waals surface area contributed by atoms with Gasteiger partial charge in [-0.3, -0.25) is 13.4 Å². The van der Waals surface area contributed by atoms with E-state index >= 15 is 0 Å². The van der Waals surface area contributed by atoms with Crippen LogP contribution >= 0.6 is 0 Å². The Morgan fingerprint density at radius 1 is 1.38 bits per heavy atom. The van der Waals surface area contributed by atoms with Crippen LogP contribution in [0, 0.1) is 0 Å². The molecule has 4 nitrogen and oxygen atoms in total. The van der Waals surface area contributed by atoms with Crippen molar-refractivity contribution >= 4 is 21.6 Å². The third-order valence-electron chi connectivity index (χ3n) is 2.49. The van der Waals surface area contributed by atoms with Crippen molar-refractivity contribution in [2.75, 3.05) is 11.5 Å². The Labute approximate surface area is 99.0 Å². The number of aliphatic hydroxyl groups is 1. The largest absolute Gasteiger partial charge is 0.386 e. The summed E-state index contributed by atoms with van der Waals surface area (Å²) >= 11 is 0. The molecule has 1 aliphatic rings. The lowest BCUT2D eigenvalue weighted by Crippen LogP contribution is -2.35. The van der Waals surface area contributed by atoms with E-state index < -0.39 is 32.3 Å². The number of pyridine rings is 1. The van der Waals surface area contributed by atoms with Gasteiger partial charge in [-0.1, -0.05) is 6.07 Å². The molecule has 2 unspecified atom stereocenters. The second-order valence-corrected chi connectivity index (χ2v) is 7.28. The number of nitrogens with zero attached hydrogens (tertiary/aromatic N) is 1. The van der Waals surface area contributed by atoms with Gasteiger partial charge in [-0.15, -0.1) is 0 Å². The Hall–Kier alpha value is -0.590. The van der Waals surface area contributed by atoms with E-state index in [0.29, 0.717) is 23.5 Å². The Morgan fingerprint density at radius 2 is 2.06 bits per heavy atom. The third kappa shape index (κ3) is 2.39. The van der Waals surface area contributed by atoms with Crippen molar-refractivity contribution in [1.29, 1.82) is 0 Å². The molecule has 1 saturated heterocycles. The fourth-order valence-corrected chi connectivity index (χ4v) is 5.62. The summed E-state index contributed by atoms with van der Waals surface area (Å²) in [6, 6.07) is 3.41. The standard InChI is InChI=1S/C10H13NO3S2/c12-9(8-3-1-4-11-7-8)10-15(13)5-2-6-16(10)14/h1,3-4,7,9-10,12H,2,5-6H2/t9-,10?,15?,16?/m1/s1. The maximum Gasteiger partial charge on any atom is 0.140 e. The minimum absolute atomic E-state index is 0.522. The van der Waals surface area contributed by atoms with E-state index in [4.69, 9.17) is 0 Å². The fraction of sp³-hybridized carbons (Fsp3) is 0.500. The smallest absolute Gasteiger partial charge is 0.140 e. The van der Waals surface area contributed by atoms with Crippen molar-refractivity contribution in [3.8, 4) is 0 Å². The summed E-state index contributed by atoms with van der Waals surface area (Å²) < 4.78 is 22.8. The van der Waals surface area contributed by atoms with Crippen molar-refractivity contribution in [2.45, 2.75) is 17.1 Å². The Bertz CT molecular complexity index is 394. The molecular weight excluding hydrogens is 246 g/mol. The Morgan fingerprint density at radius 3 is 2.62 bits per heavy atom. The lowest BCUT2D eigenvalue weighted by molar-refractivity contribution is 0.193. The normalized spacial score (nSPS) is 32.2. The average molecular weight is 259 g/mol. The van der Waals surface area contributed by atoms with Crippen LogP contribution in [0.25, 0.3) is 0 Å². The molecule has 88 valence electrons. The van der Waals surface area contributed by atoms with Gasteiger partial charge in [0.25, 0.3) is 0 Å². The van der Waals surface area contributed by atoms with Gasteiger partial charge in [0.15, 0.2) is 0 Å². The van der Waals surface area contributed by atoms with Crippen LogP contribution < -0.4 is 0 Å².